The summed E-state index contributed by atoms with van der Waals surface area (Å²) in [6.07, 6.45) is 0.708. The van der Waals surface area contributed by atoms with Crippen molar-refractivity contribution < 1.29 is 23.7 Å². The Morgan fingerprint density at radius 2 is 1.83 bits per heavy atom. The molecule has 4 rings (SSSR count). The van der Waals surface area contributed by atoms with Crippen molar-refractivity contribution in [1.82, 2.24) is 4.90 Å². The van der Waals surface area contributed by atoms with Gasteiger partial charge in [-0.15, -0.1) is 0 Å². The van der Waals surface area contributed by atoms with Crippen molar-refractivity contribution in [2.75, 3.05) is 5.32 Å². The fourth-order valence-corrected chi connectivity index (χ4v) is 4.94. The Bertz CT molecular complexity index is 1020. The number of amides is 2. The summed E-state index contributed by atoms with van der Waals surface area (Å²) in [5.74, 6) is -1.01. The highest BCUT2D eigenvalue weighted by Crippen LogP contribution is 2.42. The van der Waals surface area contributed by atoms with Gasteiger partial charge >= 0.3 is 5.97 Å². The average Bonchev–Trinajstić information content (AvgIpc) is 3.05. The highest BCUT2D eigenvalue weighted by Gasteiger charge is 2.52. The van der Waals surface area contributed by atoms with E-state index < -0.39 is 17.1 Å². The maximum atomic E-state index is 13.2. The Kier molecular flexibility index (Phi) is 5.61. The molecule has 2 aliphatic rings. The molecular weight excluding hydrogens is 404 g/mol. The van der Waals surface area contributed by atoms with Gasteiger partial charge in [0.2, 0.25) is 11.8 Å². The van der Waals surface area contributed by atoms with E-state index in [1.807, 2.05) is 30.3 Å². The number of nitrogens with zero attached hydrogens (tertiary/aromatic N) is 1. The number of anilines is 1. The van der Waals surface area contributed by atoms with Gasteiger partial charge in [-0.05, 0) is 29.8 Å². The first-order valence-electron chi connectivity index (χ1n) is 9.49. The maximum absolute atomic E-state index is 13.2. The molecule has 2 amide bonds. The Labute approximate surface area is 176 Å². The van der Waals surface area contributed by atoms with Crippen LogP contribution in [0.4, 0.5) is 5.69 Å². The number of hydrogen-bond acceptors (Lipinski definition) is 5. The van der Waals surface area contributed by atoms with E-state index in [9.17, 15) is 18.9 Å². The van der Waals surface area contributed by atoms with E-state index in [1.54, 1.807) is 24.3 Å². The minimum absolute atomic E-state index is 0.0706. The zero-order chi connectivity index (χ0) is 21.3. The van der Waals surface area contributed by atoms with E-state index in [4.69, 9.17) is 4.74 Å². The molecule has 0 bridgehead atoms. The second-order valence-electron chi connectivity index (χ2n) is 7.13. The summed E-state index contributed by atoms with van der Waals surface area (Å²) in [6.45, 7) is 1.48. The fraction of sp³-hybridized carbons (Fsp3) is 0.227. The van der Waals surface area contributed by atoms with E-state index in [0.29, 0.717) is 28.3 Å². The lowest BCUT2D eigenvalue weighted by atomic mass is 10.0. The van der Waals surface area contributed by atoms with Gasteiger partial charge in [0.05, 0.1) is 6.04 Å². The van der Waals surface area contributed by atoms with Crippen LogP contribution in [0.5, 0.6) is 0 Å². The van der Waals surface area contributed by atoms with Crippen LogP contribution in [0.2, 0.25) is 0 Å². The first-order chi connectivity index (χ1) is 14.4. The summed E-state index contributed by atoms with van der Waals surface area (Å²) in [5.41, 5.74) is 1.51. The van der Waals surface area contributed by atoms with Crippen LogP contribution in [0.1, 0.15) is 25.3 Å². The summed E-state index contributed by atoms with van der Waals surface area (Å²) in [5, 5.41) is 2.65. The van der Waals surface area contributed by atoms with Crippen LogP contribution in [-0.2, 0) is 36.9 Å². The molecule has 1 saturated heterocycles. The Balaban J connectivity index is 1.57. The van der Waals surface area contributed by atoms with Crippen molar-refractivity contribution in [3.05, 3.63) is 70.8 Å². The zero-order valence-corrected chi connectivity index (χ0v) is 17.1. The number of nitrogens with one attached hydrogen (secondary N) is 1. The second-order valence-corrected chi connectivity index (χ2v) is 8.64. The molecule has 0 radical (unpaired) electrons. The van der Waals surface area contributed by atoms with Crippen LogP contribution in [0, 0.1) is 0 Å². The van der Waals surface area contributed by atoms with E-state index in [2.05, 4.69) is 5.32 Å². The van der Waals surface area contributed by atoms with Gasteiger partial charge in [-0.25, -0.2) is 4.79 Å². The van der Waals surface area contributed by atoms with E-state index in [0.717, 1.165) is 5.56 Å². The minimum Gasteiger partial charge on any atom is -0.607 e. The van der Waals surface area contributed by atoms with Gasteiger partial charge in [-0.2, -0.15) is 0 Å². The molecule has 0 aromatic heterocycles. The zero-order valence-electron chi connectivity index (χ0n) is 16.3. The summed E-state index contributed by atoms with van der Waals surface area (Å²) >= 11 is -1.62. The summed E-state index contributed by atoms with van der Waals surface area (Å²) in [4.78, 5) is 38.4. The van der Waals surface area contributed by atoms with Crippen LogP contribution in [0.15, 0.2) is 70.1 Å². The standard InChI is InChI=1S/C22H20N2O5S/c1-14(25)23-16-7-9-18(10-8-16)30(28)19-11-17-12-20(26)24(17)21(19)22(27)29-13-15-5-3-2-4-6-15/h2-10,17H,11-13H2,1H3,(H,23,25). The number of fused-ring (bicyclic) bond motifs is 1. The topological polar surface area (TPSA) is 98.8 Å². The molecule has 1 N–H and O–H groups in total. The number of β-lactam (4-membered cyclic amide) rings is 1. The molecule has 8 heteroatoms. The molecule has 7 nitrogen and oxygen atoms in total. The lowest BCUT2D eigenvalue weighted by Crippen LogP contribution is -2.49. The fourth-order valence-electron chi connectivity index (χ4n) is 3.57. The number of carbonyl (C=O) groups is 3. The summed E-state index contributed by atoms with van der Waals surface area (Å²) < 4.78 is 18.6. The molecule has 2 aromatic carbocycles. The van der Waals surface area contributed by atoms with Gasteiger partial charge in [0.15, 0.2) is 15.5 Å². The Hall–Kier alpha value is -3.10. The van der Waals surface area contributed by atoms with Crippen molar-refractivity contribution in [1.29, 1.82) is 0 Å². The number of benzene rings is 2. The van der Waals surface area contributed by atoms with Crippen molar-refractivity contribution in [3.8, 4) is 0 Å². The molecule has 2 atom stereocenters. The minimum atomic E-state index is -1.62. The molecule has 2 unspecified atom stereocenters. The largest absolute Gasteiger partial charge is 0.607 e. The van der Waals surface area contributed by atoms with E-state index >= 15 is 0 Å². The molecule has 2 heterocycles. The van der Waals surface area contributed by atoms with Crippen LogP contribution >= 0.6 is 0 Å². The van der Waals surface area contributed by atoms with Crippen molar-refractivity contribution >= 4 is 34.6 Å². The summed E-state index contributed by atoms with van der Waals surface area (Å²) in [6, 6.07) is 15.7. The van der Waals surface area contributed by atoms with Crippen molar-refractivity contribution in [2.45, 2.75) is 37.3 Å². The number of ether oxygens (including phenoxy) is 1. The highest BCUT2D eigenvalue weighted by atomic mass is 32.2. The average molecular weight is 424 g/mol. The van der Waals surface area contributed by atoms with Gasteiger partial charge in [-0.1, -0.05) is 30.3 Å². The normalized spacial score (nSPS) is 18.5. The van der Waals surface area contributed by atoms with Gasteiger partial charge < -0.3 is 14.6 Å². The lowest BCUT2D eigenvalue weighted by Gasteiger charge is -2.34. The van der Waals surface area contributed by atoms with E-state index in [-0.39, 0.29) is 30.2 Å². The third kappa shape index (κ3) is 3.96. The van der Waals surface area contributed by atoms with Crippen LogP contribution in [0.25, 0.3) is 0 Å². The summed E-state index contributed by atoms with van der Waals surface area (Å²) in [7, 11) is 0. The maximum Gasteiger partial charge on any atom is 0.360 e. The Morgan fingerprint density at radius 1 is 1.13 bits per heavy atom. The number of rotatable bonds is 6. The first-order valence-corrected chi connectivity index (χ1v) is 10.6. The van der Waals surface area contributed by atoms with E-state index in [1.165, 1.54) is 11.8 Å². The predicted octanol–water partition coefficient (Wildman–Crippen LogP) is 2.71. The molecule has 2 aliphatic heterocycles. The third-order valence-electron chi connectivity index (χ3n) is 4.99. The first kappa shape index (κ1) is 20.2. The molecule has 0 spiro atoms. The molecular formula is C22H20N2O5S. The van der Waals surface area contributed by atoms with Crippen LogP contribution < -0.4 is 5.32 Å². The SMILES string of the molecule is CC(=O)Nc1ccc([S+]([O-])C2=C(C(=O)OCc3ccccc3)N3C(=O)CC3C2)cc1. The van der Waals surface area contributed by atoms with Gasteiger partial charge in [0, 0.05) is 36.6 Å². The van der Waals surface area contributed by atoms with Gasteiger partial charge in [-0.3, -0.25) is 14.5 Å². The quantitative estimate of drug-likeness (QED) is 0.437. The van der Waals surface area contributed by atoms with Crippen LogP contribution in [-0.4, -0.2) is 33.3 Å². The molecule has 154 valence electrons. The van der Waals surface area contributed by atoms with Crippen molar-refractivity contribution in [2.24, 2.45) is 0 Å². The molecule has 0 aliphatic carbocycles. The van der Waals surface area contributed by atoms with Gasteiger partial charge in [0.1, 0.15) is 6.61 Å². The number of hydrogen-bond donors (Lipinski definition) is 1. The highest BCUT2D eigenvalue weighted by molar-refractivity contribution is 7.95. The molecule has 0 saturated carbocycles. The second kappa shape index (κ2) is 8.33. The van der Waals surface area contributed by atoms with Crippen LogP contribution in [0.3, 0.4) is 0 Å². The third-order valence-corrected chi connectivity index (χ3v) is 6.50. The van der Waals surface area contributed by atoms with Crippen molar-refractivity contribution in [3.63, 3.8) is 0 Å². The Morgan fingerprint density at radius 3 is 2.47 bits per heavy atom. The monoisotopic (exact) mass is 424 g/mol. The molecule has 30 heavy (non-hydrogen) atoms. The molecule has 2 aromatic rings. The van der Waals surface area contributed by atoms with Gasteiger partial charge in [0.25, 0.3) is 0 Å². The molecule has 1 fully saturated rings. The number of carbonyl (C=O) groups excluding carboxylic acids is 3. The number of esters is 1. The predicted molar refractivity (Wildman–Crippen MR) is 110 cm³/mol. The smallest absolute Gasteiger partial charge is 0.360 e. The lowest BCUT2D eigenvalue weighted by molar-refractivity contribution is -0.150.